The minimum Gasteiger partial charge on any atom is -0.490 e. The largest absolute Gasteiger partial charge is 0.490 e. The van der Waals surface area contributed by atoms with Crippen LogP contribution in [-0.2, 0) is 16.0 Å². The third-order valence-corrected chi connectivity index (χ3v) is 8.95. The Bertz CT molecular complexity index is 2040. The number of nitrogens with zero attached hydrogens (tertiary/aromatic N) is 4. The highest BCUT2D eigenvalue weighted by atomic mass is 35.5. The van der Waals surface area contributed by atoms with Crippen LogP contribution in [0, 0.1) is 6.92 Å². The fraction of sp³-hybridized carbons (Fsp3) is 0.289. The maximum atomic E-state index is 12.9. The zero-order valence-corrected chi connectivity index (χ0v) is 27.7. The number of benzene rings is 3. The fourth-order valence-corrected chi connectivity index (χ4v) is 6.83. The van der Waals surface area contributed by atoms with Gasteiger partial charge in [0, 0.05) is 35.0 Å². The van der Waals surface area contributed by atoms with Crippen molar-refractivity contribution >= 4 is 28.9 Å². The van der Waals surface area contributed by atoms with E-state index < -0.39 is 17.7 Å². The normalized spacial score (nSPS) is 15.1. The fourth-order valence-electron chi connectivity index (χ4n) is 6.47. The van der Waals surface area contributed by atoms with E-state index in [0.717, 1.165) is 35.2 Å². The molecule has 0 saturated carbocycles. The van der Waals surface area contributed by atoms with E-state index in [4.69, 9.17) is 31.2 Å². The molecule has 0 unspecified atom stereocenters. The van der Waals surface area contributed by atoms with E-state index in [1.165, 1.54) is 5.56 Å². The van der Waals surface area contributed by atoms with Crippen molar-refractivity contribution in [3.8, 4) is 39.4 Å². The Labute approximate surface area is 279 Å². The number of fused-ring (bicyclic) bond motifs is 9. The minimum absolute atomic E-state index is 0.399. The molecule has 9 heteroatoms. The highest BCUT2D eigenvalue weighted by Gasteiger charge is 2.35. The van der Waals surface area contributed by atoms with Gasteiger partial charge in [-0.25, -0.2) is 14.3 Å². The van der Waals surface area contributed by atoms with Gasteiger partial charge in [-0.2, -0.15) is 5.10 Å². The van der Waals surface area contributed by atoms with Crippen LogP contribution in [0.5, 0.6) is 5.75 Å². The lowest BCUT2D eigenvalue weighted by molar-refractivity contribution is -0.160. The Morgan fingerprint density at radius 3 is 2.57 bits per heavy atom. The van der Waals surface area contributed by atoms with Gasteiger partial charge in [0.1, 0.15) is 12.4 Å². The van der Waals surface area contributed by atoms with Gasteiger partial charge in [-0.05, 0) is 75.4 Å². The summed E-state index contributed by atoms with van der Waals surface area (Å²) in [6.45, 7) is 9.17. The predicted molar refractivity (Wildman–Crippen MR) is 185 cm³/mol. The third-order valence-electron chi connectivity index (χ3n) is 8.57. The number of rotatable bonds is 3. The number of carboxylic acids is 1. The molecule has 47 heavy (non-hydrogen) atoms. The van der Waals surface area contributed by atoms with E-state index >= 15 is 0 Å². The first-order chi connectivity index (χ1) is 22.6. The number of carboxylic acid groups (broad SMARTS) is 1. The summed E-state index contributed by atoms with van der Waals surface area (Å²) < 4.78 is 14.0. The Balaban J connectivity index is 1.53. The Hall–Kier alpha value is -4.66. The summed E-state index contributed by atoms with van der Waals surface area (Å²) in [5, 5.41) is 16.1. The highest BCUT2D eigenvalue weighted by molar-refractivity contribution is 6.36. The molecule has 8 bridgehead atoms. The van der Waals surface area contributed by atoms with Gasteiger partial charge < -0.3 is 19.5 Å². The average Bonchev–Trinajstić information content (AvgIpc) is 3.46. The second kappa shape index (κ2) is 12.2. The number of anilines is 1. The van der Waals surface area contributed by atoms with Gasteiger partial charge in [-0.3, -0.25) is 0 Å². The number of carbonyl (C=O) groups is 1. The summed E-state index contributed by atoms with van der Waals surface area (Å²) in [4.78, 5) is 20.0. The number of aromatic nitrogens is 3. The van der Waals surface area contributed by atoms with Gasteiger partial charge in [0.05, 0.1) is 34.2 Å². The summed E-state index contributed by atoms with van der Waals surface area (Å²) in [5.41, 5.74) is 7.77. The smallest absolute Gasteiger partial charge is 0.337 e. The second-order valence-corrected chi connectivity index (χ2v) is 13.4. The lowest BCUT2D eigenvalue weighted by Crippen LogP contribution is -2.33. The van der Waals surface area contributed by atoms with E-state index in [1.54, 1.807) is 4.52 Å². The lowest BCUT2D eigenvalue weighted by Gasteiger charge is -2.32. The van der Waals surface area contributed by atoms with E-state index in [0.29, 0.717) is 64.3 Å². The van der Waals surface area contributed by atoms with Crippen LogP contribution in [0.4, 0.5) is 5.69 Å². The maximum absolute atomic E-state index is 12.9. The van der Waals surface area contributed by atoms with Crippen molar-refractivity contribution in [3.05, 3.63) is 101 Å². The molecule has 0 aliphatic carbocycles. The van der Waals surface area contributed by atoms with Gasteiger partial charge in [-0.1, -0.05) is 66.2 Å². The van der Waals surface area contributed by atoms with Crippen LogP contribution in [0.1, 0.15) is 50.1 Å². The molecule has 0 saturated heterocycles. The number of aryl methyl sites for hydroxylation is 2. The van der Waals surface area contributed by atoms with Crippen LogP contribution in [0.2, 0.25) is 5.02 Å². The number of ether oxygens (including phenoxy) is 2. The van der Waals surface area contributed by atoms with Gasteiger partial charge in [-0.15, -0.1) is 0 Å². The second-order valence-electron chi connectivity index (χ2n) is 13.1. The molecule has 2 aliphatic heterocycles. The van der Waals surface area contributed by atoms with E-state index in [2.05, 4.69) is 53.5 Å². The number of aliphatic carboxylic acids is 1. The molecule has 4 heterocycles. The van der Waals surface area contributed by atoms with E-state index in [9.17, 15) is 9.90 Å². The molecule has 8 nitrogen and oxygen atoms in total. The summed E-state index contributed by atoms with van der Waals surface area (Å²) >= 11 is 7.36. The van der Waals surface area contributed by atoms with Crippen molar-refractivity contribution in [3.63, 3.8) is 0 Å². The van der Waals surface area contributed by atoms with Crippen molar-refractivity contribution in [2.75, 3.05) is 24.6 Å². The van der Waals surface area contributed by atoms with Crippen LogP contribution in [0.25, 0.3) is 39.3 Å². The quantitative estimate of drug-likeness (QED) is 0.197. The topological polar surface area (TPSA) is 89.2 Å². The van der Waals surface area contributed by atoms with Crippen molar-refractivity contribution in [2.45, 2.75) is 52.2 Å². The Kier molecular flexibility index (Phi) is 8.02. The molecule has 3 aromatic carbocycles. The van der Waals surface area contributed by atoms with Crippen molar-refractivity contribution < 1.29 is 19.4 Å². The van der Waals surface area contributed by atoms with E-state index in [-0.39, 0.29) is 0 Å². The predicted octanol–water partition coefficient (Wildman–Crippen LogP) is 8.33. The molecule has 2 aliphatic rings. The molecule has 0 spiro atoms. The monoisotopic (exact) mass is 648 g/mol. The average molecular weight is 649 g/mol. The van der Waals surface area contributed by atoms with Crippen LogP contribution in [-0.4, -0.2) is 51.0 Å². The van der Waals surface area contributed by atoms with Gasteiger partial charge in [0.25, 0.3) is 0 Å². The molecule has 1 atom stereocenters. The van der Waals surface area contributed by atoms with Crippen LogP contribution in [0.15, 0.2) is 78.9 Å². The number of hydrogen-bond acceptors (Lipinski definition) is 6. The first-order valence-electron chi connectivity index (χ1n) is 15.9. The minimum atomic E-state index is -1.32. The van der Waals surface area contributed by atoms with Gasteiger partial charge >= 0.3 is 5.97 Å². The third kappa shape index (κ3) is 5.99. The first kappa shape index (κ1) is 31.0. The maximum Gasteiger partial charge on any atom is 0.337 e. The standard InChI is InChI=1S/C38H37ClN4O4/c1-23-32(36(37(44)45)47-38(2,3)4)34-28-15-16-30-35(33(28)39)42(18-19-46-30)17-7-5-6-10-24-11-8-12-25(20-24)26-13-9-14-27(21-26)29-22-31(40-23)43(34)41-29/h5,7-9,11-16,20-22,36H,6,10,17-19H2,1-4H3,(H,44,45)/t36-/m0/s1. The molecule has 0 fully saturated rings. The van der Waals surface area contributed by atoms with Crippen LogP contribution >= 0.6 is 11.6 Å². The zero-order valence-electron chi connectivity index (χ0n) is 27.0. The van der Waals surface area contributed by atoms with Crippen LogP contribution in [0.3, 0.4) is 0 Å². The molecule has 7 rings (SSSR count). The Morgan fingerprint density at radius 2 is 1.79 bits per heavy atom. The molecule has 1 N–H and O–H groups in total. The summed E-state index contributed by atoms with van der Waals surface area (Å²) in [7, 11) is 0. The lowest BCUT2D eigenvalue weighted by atomic mass is 9.97. The molecule has 2 aromatic heterocycles. The molecular formula is C38H37ClN4O4. The van der Waals surface area contributed by atoms with Gasteiger partial charge in [0.2, 0.25) is 0 Å². The van der Waals surface area contributed by atoms with Crippen LogP contribution < -0.4 is 9.64 Å². The molecule has 0 amide bonds. The van der Waals surface area contributed by atoms with Crippen molar-refractivity contribution in [2.24, 2.45) is 0 Å². The molecule has 240 valence electrons. The molecular weight excluding hydrogens is 612 g/mol. The Morgan fingerprint density at radius 1 is 1.02 bits per heavy atom. The SMILES string of the molecule is Cc1nc2cc3nn2c(c1[C@H](OC(C)(C)C)C(=O)O)-c1ccc2c(c1Cl)N(CC=CCCc1cccc(c1)-c1cccc-3c1)CCO2. The summed E-state index contributed by atoms with van der Waals surface area (Å²) in [6, 6.07) is 22.7. The molecule has 5 aromatic rings. The summed E-state index contributed by atoms with van der Waals surface area (Å²) in [6.07, 6.45) is 4.91. The number of hydrogen-bond donors (Lipinski definition) is 1. The molecule has 0 radical (unpaired) electrons. The van der Waals surface area contributed by atoms with Crippen molar-refractivity contribution in [1.82, 2.24) is 14.6 Å². The highest BCUT2D eigenvalue weighted by Crippen LogP contribution is 2.46. The number of halogens is 1. The zero-order chi connectivity index (χ0) is 32.9. The number of allylic oxidation sites excluding steroid dienone is 1. The van der Waals surface area contributed by atoms with Crippen molar-refractivity contribution in [1.29, 1.82) is 0 Å². The summed E-state index contributed by atoms with van der Waals surface area (Å²) in [5.74, 6) is -0.439. The van der Waals surface area contributed by atoms with E-state index in [1.807, 2.05) is 58.0 Å². The first-order valence-corrected chi connectivity index (χ1v) is 16.3. The van der Waals surface area contributed by atoms with Gasteiger partial charge in [0.15, 0.2) is 11.8 Å².